The molecule has 14 heavy (non-hydrogen) atoms. The second-order valence-corrected chi connectivity index (χ2v) is 4.16. The minimum absolute atomic E-state index is 0.136. The molecule has 0 aromatic heterocycles. The van der Waals surface area contributed by atoms with Gasteiger partial charge in [0.05, 0.1) is 12.7 Å². The fraction of sp³-hybridized carbons (Fsp3) is 1.00. The summed E-state index contributed by atoms with van der Waals surface area (Å²) in [4.78, 5) is 2.22. The van der Waals surface area contributed by atoms with Gasteiger partial charge in [-0.05, 0) is 44.8 Å². The van der Waals surface area contributed by atoms with Gasteiger partial charge >= 0.3 is 0 Å². The fourth-order valence-electron chi connectivity index (χ4n) is 2.05. The van der Waals surface area contributed by atoms with Crippen molar-refractivity contribution < 1.29 is 10.2 Å². The second kappa shape index (κ2) is 6.35. The predicted molar refractivity (Wildman–Crippen MR) is 55.9 cm³/mol. The van der Waals surface area contributed by atoms with Crippen LogP contribution in [0.5, 0.6) is 0 Å². The number of nitrogens with zero attached hydrogens (tertiary/aromatic N) is 1. The van der Waals surface area contributed by atoms with Crippen molar-refractivity contribution >= 4 is 0 Å². The number of piperidine rings is 1. The Bertz CT molecular complexity index is 147. The molecule has 0 aliphatic carbocycles. The summed E-state index contributed by atoms with van der Waals surface area (Å²) >= 11 is 0. The van der Waals surface area contributed by atoms with Gasteiger partial charge in [0.2, 0.25) is 0 Å². The Balaban J connectivity index is 2.15. The Labute approximate surface area is 85.7 Å². The number of β-amino-alcohol motifs (C(OH)–C–C–N with tert-alkyl or cyclic N) is 1. The van der Waals surface area contributed by atoms with E-state index < -0.39 is 6.10 Å². The van der Waals surface area contributed by atoms with Crippen LogP contribution in [0.15, 0.2) is 0 Å². The zero-order valence-corrected chi connectivity index (χ0v) is 8.73. The largest absolute Gasteiger partial charge is 0.394 e. The van der Waals surface area contributed by atoms with Gasteiger partial charge in [-0.1, -0.05) is 0 Å². The second-order valence-electron chi connectivity index (χ2n) is 4.16. The first-order valence-corrected chi connectivity index (χ1v) is 5.47. The Morgan fingerprint density at radius 2 is 2.00 bits per heavy atom. The quantitative estimate of drug-likeness (QED) is 0.557. The van der Waals surface area contributed by atoms with Crippen LogP contribution < -0.4 is 5.73 Å². The summed E-state index contributed by atoms with van der Waals surface area (Å²) in [5.74, 6) is 0.766. The number of likely N-dealkylation sites (tertiary alicyclic amines) is 1. The van der Waals surface area contributed by atoms with Gasteiger partial charge in [0.1, 0.15) is 0 Å². The van der Waals surface area contributed by atoms with Crippen molar-refractivity contribution in [1.82, 2.24) is 4.90 Å². The molecule has 1 aliphatic rings. The monoisotopic (exact) mass is 202 g/mol. The van der Waals surface area contributed by atoms with Crippen LogP contribution in [0.4, 0.5) is 0 Å². The summed E-state index contributed by atoms with van der Waals surface area (Å²) in [6.07, 6.45) is 2.89. The molecule has 1 atom stereocenters. The highest BCUT2D eigenvalue weighted by atomic mass is 16.3. The third-order valence-electron chi connectivity index (χ3n) is 2.96. The minimum Gasteiger partial charge on any atom is -0.394 e. The molecule has 0 spiro atoms. The average molecular weight is 202 g/mol. The van der Waals surface area contributed by atoms with Gasteiger partial charge in [-0.25, -0.2) is 0 Å². The maximum absolute atomic E-state index is 9.27. The van der Waals surface area contributed by atoms with E-state index in [1.807, 2.05) is 0 Å². The maximum atomic E-state index is 9.27. The molecule has 0 amide bonds. The molecule has 4 nitrogen and oxygen atoms in total. The van der Waals surface area contributed by atoms with Crippen LogP contribution in [0.1, 0.15) is 19.3 Å². The highest BCUT2D eigenvalue weighted by Gasteiger charge is 2.19. The normalized spacial score (nSPS) is 22.5. The zero-order chi connectivity index (χ0) is 10.4. The van der Waals surface area contributed by atoms with E-state index in [4.69, 9.17) is 10.8 Å². The van der Waals surface area contributed by atoms with Crippen molar-refractivity contribution in [3.05, 3.63) is 0 Å². The standard InChI is InChI=1S/C10H22N2O2/c11-4-1-9-2-5-12(6-3-9)7-10(14)8-13/h9-10,13-14H,1-8,11H2. The van der Waals surface area contributed by atoms with Crippen LogP contribution in [0.2, 0.25) is 0 Å². The molecule has 0 radical (unpaired) electrons. The molecular formula is C10H22N2O2. The Hall–Kier alpha value is -0.160. The minimum atomic E-state index is -0.582. The van der Waals surface area contributed by atoms with Crippen LogP contribution in [0, 0.1) is 5.92 Å². The van der Waals surface area contributed by atoms with Crippen molar-refractivity contribution in [2.45, 2.75) is 25.4 Å². The van der Waals surface area contributed by atoms with Gasteiger partial charge in [-0.15, -0.1) is 0 Å². The average Bonchev–Trinajstić information content (AvgIpc) is 2.21. The van der Waals surface area contributed by atoms with Crippen molar-refractivity contribution in [3.63, 3.8) is 0 Å². The van der Waals surface area contributed by atoms with Gasteiger partial charge < -0.3 is 20.8 Å². The lowest BCUT2D eigenvalue weighted by molar-refractivity contribution is 0.0470. The highest BCUT2D eigenvalue weighted by Crippen LogP contribution is 2.19. The molecule has 1 fully saturated rings. The van der Waals surface area contributed by atoms with E-state index >= 15 is 0 Å². The summed E-state index contributed by atoms with van der Waals surface area (Å²) in [6, 6.07) is 0. The van der Waals surface area contributed by atoms with E-state index in [9.17, 15) is 5.11 Å². The summed E-state index contributed by atoms with van der Waals surface area (Å²) < 4.78 is 0. The van der Waals surface area contributed by atoms with E-state index in [2.05, 4.69) is 4.90 Å². The number of rotatable bonds is 5. The summed E-state index contributed by atoms with van der Waals surface area (Å²) in [5, 5.41) is 18.0. The maximum Gasteiger partial charge on any atom is 0.0897 e. The summed E-state index contributed by atoms with van der Waals surface area (Å²) in [7, 11) is 0. The van der Waals surface area contributed by atoms with Gasteiger partial charge in [0.25, 0.3) is 0 Å². The van der Waals surface area contributed by atoms with Gasteiger partial charge in [-0.2, -0.15) is 0 Å². The number of aliphatic hydroxyl groups excluding tert-OH is 2. The molecular weight excluding hydrogens is 180 g/mol. The third-order valence-corrected chi connectivity index (χ3v) is 2.96. The van der Waals surface area contributed by atoms with Crippen LogP contribution in [-0.2, 0) is 0 Å². The molecule has 0 bridgehead atoms. The lowest BCUT2D eigenvalue weighted by Gasteiger charge is -2.32. The van der Waals surface area contributed by atoms with Gasteiger partial charge in [0, 0.05) is 6.54 Å². The molecule has 0 aromatic rings. The predicted octanol–water partition coefficient (Wildman–Crippen LogP) is -0.600. The highest BCUT2D eigenvalue weighted by molar-refractivity contribution is 4.74. The van der Waals surface area contributed by atoms with Gasteiger partial charge in [-0.3, -0.25) is 0 Å². The SMILES string of the molecule is NCCC1CCN(CC(O)CO)CC1. The molecule has 4 heteroatoms. The van der Waals surface area contributed by atoms with Crippen LogP contribution >= 0.6 is 0 Å². The molecule has 1 saturated heterocycles. The first-order valence-electron chi connectivity index (χ1n) is 5.47. The van der Waals surface area contributed by atoms with Crippen molar-refractivity contribution in [2.75, 3.05) is 32.8 Å². The molecule has 1 aliphatic heterocycles. The molecule has 0 saturated carbocycles. The van der Waals surface area contributed by atoms with E-state index in [1.54, 1.807) is 0 Å². The fourth-order valence-corrected chi connectivity index (χ4v) is 2.05. The van der Waals surface area contributed by atoms with Crippen LogP contribution in [-0.4, -0.2) is 54.0 Å². The smallest absolute Gasteiger partial charge is 0.0897 e. The molecule has 0 aromatic carbocycles. The number of nitrogens with two attached hydrogens (primary N) is 1. The van der Waals surface area contributed by atoms with Crippen molar-refractivity contribution in [3.8, 4) is 0 Å². The van der Waals surface area contributed by atoms with Crippen LogP contribution in [0.25, 0.3) is 0 Å². The molecule has 1 heterocycles. The van der Waals surface area contributed by atoms with E-state index in [0.717, 1.165) is 32.0 Å². The van der Waals surface area contributed by atoms with E-state index in [-0.39, 0.29) is 6.61 Å². The lowest BCUT2D eigenvalue weighted by Crippen LogP contribution is -2.40. The Kier molecular flexibility index (Phi) is 5.40. The van der Waals surface area contributed by atoms with Crippen molar-refractivity contribution in [2.24, 2.45) is 11.7 Å². The number of hydrogen-bond donors (Lipinski definition) is 3. The number of hydrogen-bond acceptors (Lipinski definition) is 4. The Morgan fingerprint density at radius 3 is 2.50 bits per heavy atom. The summed E-state index contributed by atoms with van der Waals surface area (Å²) in [6.45, 7) is 3.31. The number of aliphatic hydroxyl groups is 2. The third kappa shape index (κ3) is 3.92. The Morgan fingerprint density at radius 1 is 1.36 bits per heavy atom. The van der Waals surface area contributed by atoms with Crippen molar-refractivity contribution in [1.29, 1.82) is 0 Å². The molecule has 4 N–H and O–H groups in total. The van der Waals surface area contributed by atoms with E-state index in [0.29, 0.717) is 6.54 Å². The van der Waals surface area contributed by atoms with Gasteiger partial charge in [0.15, 0.2) is 0 Å². The molecule has 84 valence electrons. The lowest BCUT2D eigenvalue weighted by atomic mass is 9.93. The molecule has 1 unspecified atom stereocenters. The zero-order valence-electron chi connectivity index (χ0n) is 8.73. The van der Waals surface area contributed by atoms with Crippen LogP contribution in [0.3, 0.4) is 0 Å². The first kappa shape index (κ1) is 11.9. The van der Waals surface area contributed by atoms with E-state index in [1.165, 1.54) is 12.8 Å². The molecule has 1 rings (SSSR count). The first-order chi connectivity index (χ1) is 6.76. The summed E-state index contributed by atoms with van der Waals surface area (Å²) in [5.41, 5.74) is 5.51. The topological polar surface area (TPSA) is 69.7 Å².